The Morgan fingerprint density at radius 3 is 2.86 bits per heavy atom. The molecule has 1 aromatic carbocycles. The first-order chi connectivity index (χ1) is 14.2. The quantitative estimate of drug-likeness (QED) is 0.735. The van der Waals surface area contributed by atoms with Gasteiger partial charge in [-0.15, -0.1) is 0 Å². The molecule has 6 heteroatoms. The monoisotopic (exact) mass is 392 g/mol. The third kappa shape index (κ3) is 4.58. The molecule has 1 aliphatic carbocycles. The van der Waals surface area contributed by atoms with E-state index in [2.05, 4.69) is 22.4 Å². The van der Waals surface area contributed by atoms with Crippen LogP contribution >= 0.6 is 0 Å². The number of nitrogens with one attached hydrogen (secondary N) is 1. The van der Waals surface area contributed by atoms with E-state index in [1.165, 1.54) is 24.0 Å². The summed E-state index contributed by atoms with van der Waals surface area (Å²) in [5.74, 6) is -0.154. The molecule has 0 spiro atoms. The molecule has 4 rings (SSSR count). The van der Waals surface area contributed by atoms with Crippen LogP contribution in [0.1, 0.15) is 50.1 Å². The lowest BCUT2D eigenvalue weighted by atomic mass is 9.97. The minimum atomic E-state index is -0.586. The number of carbonyl (C=O) groups excluding carboxylic acids is 2. The first-order valence-electron chi connectivity index (χ1n) is 10.5. The Balaban J connectivity index is 1.40. The lowest BCUT2D eigenvalue weighted by molar-refractivity contribution is -0.128. The maximum absolute atomic E-state index is 13.4. The molecule has 1 unspecified atom stereocenters. The van der Waals surface area contributed by atoms with E-state index < -0.39 is 6.04 Å². The number of fused-ring (bicyclic) bond motifs is 1. The van der Waals surface area contributed by atoms with E-state index in [0.29, 0.717) is 13.1 Å². The van der Waals surface area contributed by atoms with Crippen LogP contribution in [-0.4, -0.2) is 34.5 Å². The highest BCUT2D eigenvalue weighted by Crippen LogP contribution is 2.30. The Morgan fingerprint density at radius 2 is 2.07 bits per heavy atom. The Morgan fingerprint density at radius 1 is 1.17 bits per heavy atom. The summed E-state index contributed by atoms with van der Waals surface area (Å²) >= 11 is 0. The molecule has 2 amide bonds. The third-order valence-corrected chi connectivity index (χ3v) is 5.86. The topological polar surface area (TPSA) is 67.2 Å². The summed E-state index contributed by atoms with van der Waals surface area (Å²) in [6.07, 6.45) is 14.0. The van der Waals surface area contributed by atoms with Crippen LogP contribution in [0.15, 0.2) is 54.6 Å². The van der Waals surface area contributed by atoms with Gasteiger partial charge in [0.15, 0.2) is 0 Å². The summed E-state index contributed by atoms with van der Waals surface area (Å²) < 4.78 is 1.74. The summed E-state index contributed by atoms with van der Waals surface area (Å²) in [6, 6.07) is 7.39. The van der Waals surface area contributed by atoms with E-state index in [9.17, 15) is 9.59 Å². The molecule has 1 N–H and O–H groups in total. The normalized spacial score (nSPS) is 16.8. The van der Waals surface area contributed by atoms with Crippen molar-refractivity contribution in [3.63, 3.8) is 0 Å². The zero-order chi connectivity index (χ0) is 20.1. The van der Waals surface area contributed by atoms with Crippen molar-refractivity contribution in [3.05, 3.63) is 60.2 Å². The highest BCUT2D eigenvalue weighted by Gasteiger charge is 2.32. The van der Waals surface area contributed by atoms with E-state index in [1.807, 2.05) is 18.2 Å². The van der Waals surface area contributed by atoms with E-state index >= 15 is 0 Å². The van der Waals surface area contributed by atoms with Crippen molar-refractivity contribution in [2.24, 2.45) is 0 Å². The Bertz CT molecular complexity index is 888. The van der Waals surface area contributed by atoms with Gasteiger partial charge in [-0.05, 0) is 50.2 Å². The van der Waals surface area contributed by atoms with Gasteiger partial charge < -0.3 is 14.8 Å². The fraction of sp³-hybridized carbons (Fsp3) is 0.435. The lowest BCUT2D eigenvalue weighted by Crippen LogP contribution is -2.39. The molecule has 2 heterocycles. The van der Waals surface area contributed by atoms with Crippen LogP contribution in [0.2, 0.25) is 0 Å². The Labute approximate surface area is 171 Å². The molecular formula is C23H28N4O2. The predicted octanol–water partition coefficient (Wildman–Crippen LogP) is 3.41. The smallest absolute Gasteiger partial charge is 0.250 e. The molecule has 0 bridgehead atoms. The summed E-state index contributed by atoms with van der Waals surface area (Å²) in [4.78, 5) is 31.9. The molecule has 0 fully saturated rings. The van der Waals surface area contributed by atoms with Crippen molar-refractivity contribution >= 4 is 17.5 Å². The highest BCUT2D eigenvalue weighted by molar-refractivity contribution is 6.00. The first-order valence-corrected chi connectivity index (χ1v) is 10.5. The number of hydrogen-bond donors (Lipinski definition) is 1. The van der Waals surface area contributed by atoms with Gasteiger partial charge in [0.25, 0.3) is 5.91 Å². The second-order valence-electron chi connectivity index (χ2n) is 7.81. The molecule has 1 atom stereocenters. The number of carbonyl (C=O) groups is 2. The highest BCUT2D eigenvalue weighted by atomic mass is 16.2. The summed E-state index contributed by atoms with van der Waals surface area (Å²) in [5, 5.41) is 3.00. The van der Waals surface area contributed by atoms with Gasteiger partial charge >= 0.3 is 0 Å². The molecule has 0 radical (unpaired) electrons. The largest absolute Gasteiger partial charge is 0.356 e. The van der Waals surface area contributed by atoms with Crippen LogP contribution in [0, 0.1) is 0 Å². The van der Waals surface area contributed by atoms with Crippen molar-refractivity contribution in [1.29, 1.82) is 0 Å². The number of imidazole rings is 1. The zero-order valence-electron chi connectivity index (χ0n) is 16.7. The van der Waals surface area contributed by atoms with E-state index in [1.54, 1.807) is 28.2 Å². The average molecular weight is 393 g/mol. The van der Waals surface area contributed by atoms with Crippen molar-refractivity contribution < 1.29 is 9.59 Å². The molecular weight excluding hydrogens is 364 g/mol. The summed E-state index contributed by atoms with van der Waals surface area (Å²) in [7, 11) is 0. The minimum Gasteiger partial charge on any atom is -0.356 e. The van der Waals surface area contributed by atoms with Gasteiger partial charge in [-0.2, -0.15) is 0 Å². The number of para-hydroxylation sites is 1. The number of hydrogen-bond acceptors (Lipinski definition) is 3. The molecule has 1 aliphatic heterocycles. The van der Waals surface area contributed by atoms with Gasteiger partial charge in [-0.1, -0.05) is 29.8 Å². The van der Waals surface area contributed by atoms with Crippen molar-refractivity contribution in [2.75, 3.05) is 18.0 Å². The summed E-state index contributed by atoms with van der Waals surface area (Å²) in [5.41, 5.74) is 3.56. The molecule has 2 aromatic rings. The van der Waals surface area contributed by atoms with E-state index in [0.717, 1.165) is 31.4 Å². The summed E-state index contributed by atoms with van der Waals surface area (Å²) in [6.45, 7) is 1.28. The Kier molecular flexibility index (Phi) is 6.08. The maximum atomic E-state index is 13.4. The van der Waals surface area contributed by atoms with Crippen LogP contribution in [0.3, 0.4) is 0 Å². The van der Waals surface area contributed by atoms with E-state index in [-0.39, 0.29) is 18.2 Å². The van der Waals surface area contributed by atoms with E-state index in [4.69, 9.17) is 0 Å². The third-order valence-electron chi connectivity index (χ3n) is 5.86. The number of aromatic nitrogens is 2. The minimum absolute atomic E-state index is 0.0573. The number of rotatable bonds is 7. The number of anilines is 1. The van der Waals surface area contributed by atoms with Crippen LogP contribution in [0.4, 0.5) is 5.69 Å². The van der Waals surface area contributed by atoms with Crippen LogP contribution in [0.25, 0.3) is 0 Å². The fourth-order valence-corrected chi connectivity index (χ4v) is 4.26. The molecule has 1 aromatic heterocycles. The van der Waals surface area contributed by atoms with Crippen LogP contribution in [-0.2, 0) is 16.0 Å². The second kappa shape index (κ2) is 9.07. The van der Waals surface area contributed by atoms with Crippen molar-refractivity contribution in [1.82, 2.24) is 14.9 Å². The second-order valence-corrected chi connectivity index (χ2v) is 7.81. The molecule has 152 valence electrons. The van der Waals surface area contributed by atoms with Crippen LogP contribution < -0.4 is 10.2 Å². The Hall–Kier alpha value is -2.89. The van der Waals surface area contributed by atoms with Crippen LogP contribution in [0.5, 0.6) is 0 Å². The zero-order valence-corrected chi connectivity index (χ0v) is 16.7. The molecule has 0 saturated carbocycles. The van der Waals surface area contributed by atoms with Gasteiger partial charge in [0.1, 0.15) is 6.04 Å². The number of benzene rings is 1. The number of allylic oxidation sites excluding steroid dienone is 1. The maximum Gasteiger partial charge on any atom is 0.250 e. The van der Waals surface area contributed by atoms with Gasteiger partial charge in [0, 0.05) is 31.2 Å². The predicted molar refractivity (Wildman–Crippen MR) is 113 cm³/mol. The van der Waals surface area contributed by atoms with Crippen molar-refractivity contribution in [2.45, 2.75) is 51.0 Å². The first kappa shape index (κ1) is 19.4. The average Bonchev–Trinajstić information content (AvgIpc) is 3.42. The molecule has 29 heavy (non-hydrogen) atoms. The van der Waals surface area contributed by atoms with Crippen molar-refractivity contribution in [3.8, 4) is 0 Å². The molecule has 6 nitrogen and oxygen atoms in total. The number of amides is 2. The van der Waals surface area contributed by atoms with Gasteiger partial charge in [0.2, 0.25) is 5.91 Å². The van der Waals surface area contributed by atoms with Gasteiger partial charge in [-0.3, -0.25) is 9.59 Å². The SMILES string of the molecule is O=C(CC(C(=O)N1CCc2ccccc21)n1ccnc1)NCCC1=CCCCC1. The lowest BCUT2D eigenvalue weighted by Gasteiger charge is -2.25. The molecule has 0 saturated heterocycles. The molecule has 2 aliphatic rings. The fourth-order valence-electron chi connectivity index (χ4n) is 4.26. The standard InChI is InChI=1S/C23H28N4O2/c28-22(25-12-10-18-6-2-1-3-7-18)16-21(26-15-13-24-17-26)23(29)27-14-11-19-8-4-5-9-20(19)27/h4-6,8-9,13,15,17,21H,1-3,7,10-12,14,16H2,(H,25,28). The number of nitrogens with zero attached hydrogens (tertiary/aromatic N) is 3. The van der Waals surface area contributed by atoms with Gasteiger partial charge in [-0.25, -0.2) is 4.98 Å². The van der Waals surface area contributed by atoms with Gasteiger partial charge in [0.05, 0.1) is 12.7 Å².